The number of anilines is 1. The monoisotopic (exact) mass is 267 g/mol. The van der Waals surface area contributed by atoms with Crippen LogP contribution in [0, 0.1) is 0 Å². The van der Waals surface area contributed by atoms with Gasteiger partial charge in [0.25, 0.3) is 0 Å². The minimum Gasteiger partial charge on any atom is -0.376 e. The van der Waals surface area contributed by atoms with Gasteiger partial charge in [-0.3, -0.25) is 5.10 Å². The highest BCUT2D eigenvalue weighted by Crippen LogP contribution is 2.35. The second kappa shape index (κ2) is 4.37. The van der Waals surface area contributed by atoms with Crippen LogP contribution in [0.3, 0.4) is 0 Å². The third kappa shape index (κ3) is 1.91. The second-order valence-corrected chi connectivity index (χ2v) is 4.91. The molecule has 18 heavy (non-hydrogen) atoms. The molecule has 1 saturated carbocycles. The van der Waals surface area contributed by atoms with E-state index >= 15 is 0 Å². The van der Waals surface area contributed by atoms with Gasteiger partial charge in [0, 0.05) is 13.7 Å². The normalized spacial score (nSPS) is 17.7. The fourth-order valence-electron chi connectivity index (χ4n) is 2.21. The minimum atomic E-state index is -0.0620. The third-order valence-electron chi connectivity index (χ3n) is 3.56. The summed E-state index contributed by atoms with van der Waals surface area (Å²) in [5.74, 6) is 0.696. The highest BCUT2D eigenvalue weighted by molar-refractivity contribution is 6.28. The molecule has 0 bridgehead atoms. The number of aromatic amines is 1. The van der Waals surface area contributed by atoms with Gasteiger partial charge < -0.3 is 10.1 Å². The number of aromatic nitrogens is 4. The van der Waals surface area contributed by atoms with Gasteiger partial charge in [-0.1, -0.05) is 0 Å². The maximum absolute atomic E-state index is 5.87. The van der Waals surface area contributed by atoms with Crippen LogP contribution in [0.2, 0.25) is 5.28 Å². The smallest absolute Gasteiger partial charge is 0.226 e. The number of ether oxygens (including phenoxy) is 1. The maximum Gasteiger partial charge on any atom is 0.226 e. The largest absolute Gasteiger partial charge is 0.376 e. The Morgan fingerprint density at radius 2 is 2.33 bits per heavy atom. The molecule has 0 aromatic carbocycles. The van der Waals surface area contributed by atoms with Crippen LogP contribution in [0.15, 0.2) is 6.20 Å². The summed E-state index contributed by atoms with van der Waals surface area (Å²) in [5, 5.41) is 11.1. The minimum absolute atomic E-state index is 0.0620. The van der Waals surface area contributed by atoms with E-state index in [2.05, 4.69) is 25.5 Å². The lowest BCUT2D eigenvalue weighted by Crippen LogP contribution is -2.45. The van der Waals surface area contributed by atoms with Crippen molar-refractivity contribution in [2.24, 2.45) is 0 Å². The van der Waals surface area contributed by atoms with Crippen LogP contribution in [0.25, 0.3) is 11.0 Å². The molecule has 0 amide bonds. The summed E-state index contributed by atoms with van der Waals surface area (Å²) < 4.78 is 5.56. The standard InChI is InChI=1S/C11H14ClN5O/c1-18-11(3-2-4-11)6-13-8-7-5-14-17-9(7)16-10(12)15-8/h5H,2-4,6H2,1H3,(H2,13,14,15,16,17). The highest BCUT2D eigenvalue weighted by Gasteiger charge is 2.36. The van der Waals surface area contributed by atoms with Crippen molar-refractivity contribution >= 4 is 28.5 Å². The van der Waals surface area contributed by atoms with Crippen molar-refractivity contribution in [3.8, 4) is 0 Å². The summed E-state index contributed by atoms with van der Waals surface area (Å²) in [6.45, 7) is 0.719. The molecule has 3 rings (SSSR count). The molecule has 1 aliphatic rings. The van der Waals surface area contributed by atoms with Crippen LogP contribution in [-0.4, -0.2) is 39.4 Å². The molecule has 0 aliphatic heterocycles. The van der Waals surface area contributed by atoms with Gasteiger partial charge in [0.1, 0.15) is 5.82 Å². The Morgan fingerprint density at radius 3 is 3.00 bits per heavy atom. The van der Waals surface area contributed by atoms with Crippen LogP contribution < -0.4 is 5.32 Å². The van der Waals surface area contributed by atoms with Gasteiger partial charge >= 0.3 is 0 Å². The first kappa shape index (κ1) is 11.7. The van der Waals surface area contributed by atoms with Crippen LogP contribution in [-0.2, 0) is 4.74 Å². The number of nitrogens with one attached hydrogen (secondary N) is 2. The van der Waals surface area contributed by atoms with Gasteiger partial charge in [-0.05, 0) is 30.9 Å². The zero-order chi connectivity index (χ0) is 12.6. The molecule has 1 fully saturated rings. The van der Waals surface area contributed by atoms with Gasteiger partial charge in [-0.25, -0.2) is 0 Å². The molecular weight excluding hydrogens is 254 g/mol. The quantitative estimate of drug-likeness (QED) is 0.829. The first-order chi connectivity index (χ1) is 8.72. The number of rotatable bonds is 4. The number of halogens is 1. The SMILES string of the molecule is COC1(CNc2nc(Cl)nc3[nH]ncc23)CCC1. The van der Waals surface area contributed by atoms with E-state index in [1.54, 1.807) is 13.3 Å². The summed E-state index contributed by atoms with van der Waals surface area (Å²) in [4.78, 5) is 8.26. The maximum atomic E-state index is 5.87. The molecule has 2 heterocycles. The topological polar surface area (TPSA) is 75.7 Å². The van der Waals surface area contributed by atoms with E-state index in [1.807, 2.05) is 0 Å². The van der Waals surface area contributed by atoms with E-state index in [9.17, 15) is 0 Å². The Hall–Kier alpha value is -1.40. The summed E-state index contributed by atoms with van der Waals surface area (Å²) in [6.07, 6.45) is 5.04. The Morgan fingerprint density at radius 1 is 1.50 bits per heavy atom. The summed E-state index contributed by atoms with van der Waals surface area (Å²) in [5.41, 5.74) is 0.575. The van der Waals surface area contributed by atoms with Gasteiger partial charge in [0.15, 0.2) is 5.65 Å². The molecule has 96 valence electrons. The van der Waals surface area contributed by atoms with E-state index in [0.29, 0.717) is 11.5 Å². The van der Waals surface area contributed by atoms with Crippen molar-refractivity contribution in [3.05, 3.63) is 11.5 Å². The molecule has 0 atom stereocenters. The second-order valence-electron chi connectivity index (χ2n) is 4.57. The van der Waals surface area contributed by atoms with Crippen LogP contribution in [0.5, 0.6) is 0 Å². The fourth-order valence-corrected chi connectivity index (χ4v) is 2.38. The Bertz CT molecular complexity index is 560. The number of fused-ring (bicyclic) bond motifs is 1. The highest BCUT2D eigenvalue weighted by atomic mass is 35.5. The van der Waals surface area contributed by atoms with E-state index in [-0.39, 0.29) is 10.9 Å². The molecule has 2 N–H and O–H groups in total. The molecule has 6 nitrogen and oxygen atoms in total. The molecule has 2 aromatic rings. The summed E-state index contributed by atoms with van der Waals surface area (Å²) >= 11 is 5.87. The summed E-state index contributed by atoms with van der Waals surface area (Å²) in [7, 11) is 1.75. The van der Waals surface area contributed by atoms with Gasteiger partial charge in [0.2, 0.25) is 5.28 Å². The molecule has 0 unspecified atom stereocenters. The first-order valence-corrected chi connectivity index (χ1v) is 6.26. The average Bonchev–Trinajstić information content (AvgIpc) is 2.75. The van der Waals surface area contributed by atoms with Crippen LogP contribution in [0.1, 0.15) is 19.3 Å². The average molecular weight is 268 g/mol. The zero-order valence-corrected chi connectivity index (χ0v) is 10.8. The summed E-state index contributed by atoms with van der Waals surface area (Å²) in [6, 6.07) is 0. The van der Waals surface area contributed by atoms with Crippen molar-refractivity contribution < 1.29 is 4.74 Å². The molecule has 0 spiro atoms. The molecule has 0 saturated heterocycles. The molecule has 7 heteroatoms. The number of hydrogen-bond donors (Lipinski definition) is 2. The van der Waals surface area contributed by atoms with Gasteiger partial charge in [-0.15, -0.1) is 0 Å². The van der Waals surface area contributed by atoms with Crippen LogP contribution >= 0.6 is 11.6 Å². The van der Waals surface area contributed by atoms with Crippen LogP contribution in [0.4, 0.5) is 5.82 Å². The first-order valence-electron chi connectivity index (χ1n) is 5.88. The van der Waals surface area contributed by atoms with Crippen molar-refractivity contribution in [1.29, 1.82) is 0 Å². The number of H-pyrrole nitrogens is 1. The molecule has 0 radical (unpaired) electrons. The third-order valence-corrected chi connectivity index (χ3v) is 3.73. The lowest BCUT2D eigenvalue weighted by Gasteiger charge is -2.40. The lowest BCUT2D eigenvalue weighted by atomic mass is 9.80. The number of nitrogens with zero attached hydrogens (tertiary/aromatic N) is 3. The van der Waals surface area contributed by atoms with E-state index in [1.165, 1.54) is 6.42 Å². The number of methoxy groups -OCH3 is 1. The number of hydrogen-bond acceptors (Lipinski definition) is 5. The van der Waals surface area contributed by atoms with Gasteiger partial charge in [-0.2, -0.15) is 15.1 Å². The van der Waals surface area contributed by atoms with Gasteiger partial charge in [0.05, 0.1) is 17.2 Å². The lowest BCUT2D eigenvalue weighted by molar-refractivity contribution is -0.0601. The molecule has 2 aromatic heterocycles. The van der Waals surface area contributed by atoms with Crippen molar-refractivity contribution in [2.75, 3.05) is 19.0 Å². The predicted molar refractivity (Wildman–Crippen MR) is 68.8 cm³/mol. The molecular formula is C11H14ClN5O. The van der Waals surface area contributed by atoms with E-state index in [4.69, 9.17) is 16.3 Å². The Kier molecular flexibility index (Phi) is 2.83. The van der Waals surface area contributed by atoms with E-state index < -0.39 is 0 Å². The Labute approximate surface area is 109 Å². The Balaban J connectivity index is 1.83. The fraction of sp³-hybridized carbons (Fsp3) is 0.545. The van der Waals surface area contributed by atoms with Crippen molar-refractivity contribution in [2.45, 2.75) is 24.9 Å². The zero-order valence-electron chi connectivity index (χ0n) is 10.0. The predicted octanol–water partition coefficient (Wildman–Crippen LogP) is 1.99. The van der Waals surface area contributed by atoms with E-state index in [0.717, 1.165) is 24.8 Å². The van der Waals surface area contributed by atoms with Crippen molar-refractivity contribution in [3.63, 3.8) is 0 Å². The van der Waals surface area contributed by atoms with Crippen molar-refractivity contribution in [1.82, 2.24) is 20.2 Å². The molecule has 1 aliphatic carbocycles.